The molecule has 0 atom stereocenters. The van der Waals surface area contributed by atoms with Crippen LogP contribution in [0.5, 0.6) is 5.75 Å². The van der Waals surface area contributed by atoms with Crippen molar-refractivity contribution >= 4 is 40.2 Å². The molecule has 33 heavy (non-hydrogen) atoms. The van der Waals surface area contributed by atoms with Crippen molar-refractivity contribution in [3.63, 3.8) is 0 Å². The van der Waals surface area contributed by atoms with Crippen molar-refractivity contribution in [1.82, 2.24) is 9.55 Å². The Hall–Kier alpha value is -3.02. The Labute approximate surface area is 200 Å². The van der Waals surface area contributed by atoms with E-state index in [0.29, 0.717) is 38.1 Å². The lowest BCUT2D eigenvalue weighted by atomic mass is 9.92. The molecular weight excluding hydrogens is 460 g/mol. The molecule has 1 aliphatic rings. The lowest BCUT2D eigenvalue weighted by Gasteiger charge is -2.31. The molecule has 2 N–H and O–H groups in total. The third-order valence-corrected chi connectivity index (χ3v) is 7.01. The van der Waals surface area contributed by atoms with Gasteiger partial charge in [-0.1, -0.05) is 35.5 Å². The molecule has 0 radical (unpaired) electrons. The van der Waals surface area contributed by atoms with E-state index in [2.05, 4.69) is 6.07 Å². The van der Waals surface area contributed by atoms with E-state index in [-0.39, 0.29) is 30.0 Å². The number of fused-ring (bicyclic) bond motifs is 1. The average Bonchev–Trinajstić information content (AvgIpc) is 2.81. The topological polar surface area (TPSA) is 111 Å². The summed E-state index contributed by atoms with van der Waals surface area (Å²) in [5, 5.41) is 10.8. The molecule has 2 aromatic carbocycles. The first-order valence-corrected chi connectivity index (χ1v) is 12.1. The molecule has 3 aromatic rings. The lowest BCUT2D eigenvalue weighted by Crippen LogP contribution is -2.33. The van der Waals surface area contributed by atoms with Crippen molar-refractivity contribution in [1.29, 1.82) is 5.26 Å². The van der Waals surface area contributed by atoms with Crippen LogP contribution in [-0.2, 0) is 4.79 Å². The molecule has 9 heteroatoms. The Morgan fingerprint density at radius 2 is 2.00 bits per heavy atom. The standard InChI is InChI=1S/C24H23ClN4O3S/c25-20-10-9-18(13-15(20)14-26)32-17-7-5-16(6-8-17)29-23(31)19-3-1-2-4-21(19)28-24(29)33-12-11-22(27)30/h1-4,9-10,13,16-17H,5-8,11-12H2,(H2,27,30). The summed E-state index contributed by atoms with van der Waals surface area (Å²) in [6, 6.07) is 14.4. The minimum atomic E-state index is -0.378. The molecule has 1 amide bonds. The van der Waals surface area contributed by atoms with Crippen LogP contribution in [0.3, 0.4) is 0 Å². The number of nitrogens with zero attached hydrogens (tertiary/aromatic N) is 3. The van der Waals surface area contributed by atoms with E-state index in [4.69, 9.17) is 27.1 Å². The summed E-state index contributed by atoms with van der Waals surface area (Å²) in [6.45, 7) is 0. The lowest BCUT2D eigenvalue weighted by molar-refractivity contribution is -0.117. The zero-order chi connectivity index (χ0) is 23.4. The number of hydrogen-bond donors (Lipinski definition) is 1. The largest absolute Gasteiger partial charge is 0.490 e. The van der Waals surface area contributed by atoms with E-state index in [1.165, 1.54) is 11.8 Å². The van der Waals surface area contributed by atoms with Crippen LogP contribution < -0.4 is 16.0 Å². The molecule has 0 bridgehead atoms. The van der Waals surface area contributed by atoms with Crippen LogP contribution in [0.1, 0.15) is 43.7 Å². The zero-order valence-electron chi connectivity index (χ0n) is 17.9. The van der Waals surface area contributed by atoms with Gasteiger partial charge in [0.15, 0.2) is 5.16 Å². The highest BCUT2D eigenvalue weighted by atomic mass is 35.5. The van der Waals surface area contributed by atoms with Crippen molar-refractivity contribution in [3.05, 3.63) is 63.4 Å². The maximum absolute atomic E-state index is 13.4. The van der Waals surface area contributed by atoms with Gasteiger partial charge in [-0.2, -0.15) is 5.26 Å². The van der Waals surface area contributed by atoms with Crippen LogP contribution >= 0.6 is 23.4 Å². The number of para-hydroxylation sites is 1. The van der Waals surface area contributed by atoms with E-state index in [1.54, 1.807) is 28.8 Å². The Balaban J connectivity index is 1.53. The number of ether oxygens (including phenoxy) is 1. The number of rotatable bonds is 7. The first kappa shape index (κ1) is 23.1. The van der Waals surface area contributed by atoms with Crippen molar-refractivity contribution in [2.45, 2.75) is 49.4 Å². The summed E-state index contributed by atoms with van der Waals surface area (Å²) in [5.41, 5.74) is 6.25. The van der Waals surface area contributed by atoms with Gasteiger partial charge in [0.1, 0.15) is 11.8 Å². The molecule has 0 aliphatic heterocycles. The van der Waals surface area contributed by atoms with Crippen LogP contribution in [0.2, 0.25) is 5.02 Å². The number of primary amides is 1. The molecule has 4 rings (SSSR count). The fourth-order valence-corrected chi connectivity index (χ4v) is 5.25. The Morgan fingerprint density at radius 1 is 1.24 bits per heavy atom. The molecule has 7 nitrogen and oxygen atoms in total. The Kier molecular flexibility index (Phi) is 7.21. The number of hydrogen-bond acceptors (Lipinski definition) is 6. The molecule has 1 heterocycles. The summed E-state index contributed by atoms with van der Waals surface area (Å²) in [4.78, 5) is 29.3. The van der Waals surface area contributed by atoms with Gasteiger partial charge in [-0.05, 0) is 56.0 Å². The number of amides is 1. The smallest absolute Gasteiger partial charge is 0.262 e. The number of aromatic nitrogens is 2. The highest BCUT2D eigenvalue weighted by Gasteiger charge is 2.27. The normalized spacial score (nSPS) is 18.1. The minimum Gasteiger partial charge on any atom is -0.490 e. The molecule has 1 aromatic heterocycles. The fourth-order valence-electron chi connectivity index (χ4n) is 4.07. The molecule has 170 valence electrons. The molecule has 1 fully saturated rings. The van der Waals surface area contributed by atoms with Gasteiger partial charge in [0.25, 0.3) is 5.56 Å². The van der Waals surface area contributed by atoms with Crippen LogP contribution in [0.4, 0.5) is 0 Å². The van der Waals surface area contributed by atoms with Crippen molar-refractivity contribution < 1.29 is 9.53 Å². The van der Waals surface area contributed by atoms with Gasteiger partial charge in [0.2, 0.25) is 5.91 Å². The minimum absolute atomic E-state index is 0.00887. The van der Waals surface area contributed by atoms with E-state index in [9.17, 15) is 14.9 Å². The quantitative estimate of drug-likeness (QED) is 0.393. The van der Waals surface area contributed by atoms with Crippen molar-refractivity contribution in [2.75, 3.05) is 5.75 Å². The molecule has 0 spiro atoms. The monoisotopic (exact) mass is 482 g/mol. The maximum atomic E-state index is 13.4. The number of carbonyl (C=O) groups excluding carboxylic acids is 1. The average molecular weight is 483 g/mol. The van der Waals surface area contributed by atoms with E-state index < -0.39 is 0 Å². The summed E-state index contributed by atoms with van der Waals surface area (Å²) < 4.78 is 7.87. The van der Waals surface area contributed by atoms with Crippen LogP contribution in [-0.4, -0.2) is 27.3 Å². The van der Waals surface area contributed by atoms with Gasteiger partial charge in [-0.3, -0.25) is 14.2 Å². The van der Waals surface area contributed by atoms with Gasteiger partial charge in [0.05, 0.1) is 27.6 Å². The molecule has 1 saturated carbocycles. The molecule has 0 saturated heterocycles. The summed E-state index contributed by atoms with van der Waals surface area (Å²) in [7, 11) is 0. The van der Waals surface area contributed by atoms with Crippen LogP contribution in [0.15, 0.2) is 52.4 Å². The number of nitrogens with two attached hydrogens (primary N) is 1. The fraction of sp³-hybridized carbons (Fsp3) is 0.333. The highest BCUT2D eigenvalue weighted by molar-refractivity contribution is 7.99. The van der Waals surface area contributed by atoms with E-state index in [0.717, 1.165) is 25.7 Å². The highest BCUT2D eigenvalue weighted by Crippen LogP contribution is 2.34. The van der Waals surface area contributed by atoms with Gasteiger partial charge in [-0.25, -0.2) is 4.98 Å². The van der Waals surface area contributed by atoms with Crippen molar-refractivity contribution in [2.24, 2.45) is 5.73 Å². The van der Waals surface area contributed by atoms with Gasteiger partial charge in [0, 0.05) is 18.2 Å². The summed E-state index contributed by atoms with van der Waals surface area (Å²) in [6.07, 6.45) is 3.25. The van der Waals surface area contributed by atoms with Gasteiger partial charge < -0.3 is 10.5 Å². The Bertz CT molecular complexity index is 1280. The second kappa shape index (κ2) is 10.3. The number of carbonyl (C=O) groups is 1. The number of thioether (sulfide) groups is 1. The number of nitriles is 1. The zero-order valence-corrected chi connectivity index (χ0v) is 19.4. The molecule has 1 aliphatic carbocycles. The third kappa shape index (κ3) is 5.32. The SMILES string of the molecule is N#Cc1cc(OC2CCC(n3c(SCCC(N)=O)nc4ccccc4c3=O)CC2)ccc1Cl. The summed E-state index contributed by atoms with van der Waals surface area (Å²) in [5.74, 6) is 0.708. The first-order valence-electron chi connectivity index (χ1n) is 10.7. The van der Waals surface area contributed by atoms with Crippen molar-refractivity contribution in [3.8, 4) is 11.8 Å². The maximum Gasteiger partial charge on any atom is 0.262 e. The second-order valence-corrected chi connectivity index (χ2v) is 9.42. The van der Waals surface area contributed by atoms with Crippen LogP contribution in [0.25, 0.3) is 10.9 Å². The first-order chi connectivity index (χ1) is 16.0. The summed E-state index contributed by atoms with van der Waals surface area (Å²) >= 11 is 7.39. The van der Waals surface area contributed by atoms with Crippen LogP contribution in [0, 0.1) is 11.3 Å². The Morgan fingerprint density at radius 3 is 2.73 bits per heavy atom. The number of benzene rings is 2. The second-order valence-electron chi connectivity index (χ2n) is 7.95. The van der Waals surface area contributed by atoms with Gasteiger partial charge in [-0.15, -0.1) is 0 Å². The van der Waals surface area contributed by atoms with E-state index in [1.807, 2.05) is 18.2 Å². The molecule has 0 unspecified atom stereocenters. The predicted octanol–water partition coefficient (Wildman–Crippen LogP) is 4.45. The molecular formula is C24H23ClN4O3S. The predicted molar refractivity (Wildman–Crippen MR) is 129 cm³/mol. The third-order valence-electron chi connectivity index (χ3n) is 5.72. The number of halogens is 1. The van der Waals surface area contributed by atoms with E-state index >= 15 is 0 Å². The van der Waals surface area contributed by atoms with Gasteiger partial charge >= 0.3 is 0 Å².